The Bertz CT molecular complexity index is 753. The molecule has 0 bridgehead atoms. The van der Waals surface area contributed by atoms with Crippen molar-refractivity contribution < 1.29 is 13.2 Å². The molecule has 0 saturated carbocycles. The summed E-state index contributed by atoms with van der Waals surface area (Å²) in [6.07, 6.45) is 1.95. The standard InChI is InChI=1S/C18H21NO3S/c1-3-19(14-13-15-7-5-4-6-8-15)18(20)16-9-11-17(12-10-16)23(2,21)22/h4-12H,3,13-14H2,1-2H3. The van der Waals surface area contributed by atoms with Gasteiger partial charge < -0.3 is 4.90 Å². The molecule has 2 rings (SSSR count). The average molecular weight is 331 g/mol. The largest absolute Gasteiger partial charge is 0.339 e. The van der Waals surface area contributed by atoms with Crippen molar-refractivity contribution in [2.75, 3.05) is 19.3 Å². The summed E-state index contributed by atoms with van der Waals surface area (Å²) in [4.78, 5) is 14.5. The van der Waals surface area contributed by atoms with Crippen molar-refractivity contribution in [3.63, 3.8) is 0 Å². The lowest BCUT2D eigenvalue weighted by Gasteiger charge is -2.21. The Kier molecular flexibility index (Phi) is 5.55. The van der Waals surface area contributed by atoms with Gasteiger partial charge in [-0.25, -0.2) is 8.42 Å². The smallest absolute Gasteiger partial charge is 0.253 e. The van der Waals surface area contributed by atoms with E-state index in [0.717, 1.165) is 12.7 Å². The van der Waals surface area contributed by atoms with E-state index in [1.54, 1.807) is 17.0 Å². The number of hydrogen-bond donors (Lipinski definition) is 0. The second-order valence-corrected chi connectivity index (χ2v) is 7.43. The first-order valence-corrected chi connectivity index (χ1v) is 9.44. The molecule has 0 saturated heterocycles. The minimum atomic E-state index is -3.24. The quantitative estimate of drug-likeness (QED) is 0.818. The van der Waals surface area contributed by atoms with Crippen LogP contribution in [0.4, 0.5) is 0 Å². The zero-order valence-corrected chi connectivity index (χ0v) is 14.2. The average Bonchev–Trinajstić information content (AvgIpc) is 2.55. The summed E-state index contributed by atoms with van der Waals surface area (Å²) in [5.74, 6) is -0.0801. The molecule has 122 valence electrons. The van der Waals surface area contributed by atoms with E-state index in [1.165, 1.54) is 17.7 Å². The van der Waals surface area contributed by atoms with E-state index in [2.05, 4.69) is 0 Å². The fraction of sp³-hybridized carbons (Fsp3) is 0.278. The summed E-state index contributed by atoms with van der Waals surface area (Å²) < 4.78 is 22.9. The molecule has 1 amide bonds. The number of likely N-dealkylation sites (N-methyl/N-ethyl adjacent to an activating group) is 1. The van der Waals surface area contributed by atoms with Crippen LogP contribution in [0.5, 0.6) is 0 Å². The minimum absolute atomic E-state index is 0.0801. The van der Waals surface area contributed by atoms with E-state index in [1.807, 2.05) is 37.3 Å². The number of rotatable bonds is 6. The summed E-state index contributed by atoms with van der Waals surface area (Å²) in [6.45, 7) is 3.18. The second-order valence-electron chi connectivity index (χ2n) is 5.42. The van der Waals surface area contributed by atoms with Gasteiger partial charge >= 0.3 is 0 Å². The van der Waals surface area contributed by atoms with Gasteiger partial charge in [0.1, 0.15) is 0 Å². The van der Waals surface area contributed by atoms with Crippen molar-refractivity contribution in [1.82, 2.24) is 4.90 Å². The predicted octanol–water partition coefficient (Wildman–Crippen LogP) is 2.79. The Morgan fingerprint density at radius 1 is 1.00 bits per heavy atom. The van der Waals surface area contributed by atoms with E-state index in [4.69, 9.17) is 0 Å². The van der Waals surface area contributed by atoms with E-state index in [-0.39, 0.29) is 10.8 Å². The molecule has 0 N–H and O–H groups in total. The number of carbonyl (C=O) groups excluding carboxylic acids is 1. The summed E-state index contributed by atoms with van der Waals surface area (Å²) in [5, 5.41) is 0. The lowest BCUT2D eigenvalue weighted by Crippen LogP contribution is -2.32. The third-order valence-corrected chi connectivity index (χ3v) is 4.84. The molecule has 0 aliphatic heterocycles. The lowest BCUT2D eigenvalue weighted by atomic mass is 10.1. The first-order valence-electron chi connectivity index (χ1n) is 7.55. The van der Waals surface area contributed by atoms with Crippen molar-refractivity contribution in [2.45, 2.75) is 18.2 Å². The highest BCUT2D eigenvalue weighted by atomic mass is 32.2. The highest BCUT2D eigenvalue weighted by Crippen LogP contribution is 2.13. The third kappa shape index (κ3) is 4.66. The number of carbonyl (C=O) groups is 1. The molecule has 0 radical (unpaired) electrons. The number of hydrogen-bond acceptors (Lipinski definition) is 3. The fourth-order valence-corrected chi connectivity index (χ4v) is 2.97. The Balaban J connectivity index is 2.07. The number of benzene rings is 2. The van der Waals surface area contributed by atoms with Crippen molar-refractivity contribution in [3.05, 3.63) is 65.7 Å². The van der Waals surface area contributed by atoms with Gasteiger partial charge in [-0.1, -0.05) is 30.3 Å². The molecular formula is C18H21NO3S. The molecule has 0 fully saturated rings. The van der Waals surface area contributed by atoms with Crippen molar-refractivity contribution in [1.29, 1.82) is 0 Å². The molecule has 23 heavy (non-hydrogen) atoms. The van der Waals surface area contributed by atoms with Gasteiger partial charge in [0.25, 0.3) is 5.91 Å². The Morgan fingerprint density at radius 3 is 2.13 bits per heavy atom. The van der Waals surface area contributed by atoms with Gasteiger partial charge in [0.15, 0.2) is 9.84 Å². The second kappa shape index (κ2) is 7.42. The van der Waals surface area contributed by atoms with Crippen LogP contribution in [0.2, 0.25) is 0 Å². The molecule has 5 heteroatoms. The first-order chi connectivity index (χ1) is 10.9. The zero-order valence-electron chi connectivity index (χ0n) is 13.4. The summed E-state index contributed by atoms with van der Waals surface area (Å²) in [6, 6.07) is 16.1. The van der Waals surface area contributed by atoms with Crippen LogP contribution >= 0.6 is 0 Å². The van der Waals surface area contributed by atoms with Gasteiger partial charge in [-0.3, -0.25) is 4.79 Å². The lowest BCUT2D eigenvalue weighted by molar-refractivity contribution is 0.0766. The van der Waals surface area contributed by atoms with Crippen LogP contribution in [0.3, 0.4) is 0 Å². The maximum Gasteiger partial charge on any atom is 0.253 e. The minimum Gasteiger partial charge on any atom is -0.339 e. The molecule has 0 unspecified atom stereocenters. The van der Waals surface area contributed by atoms with Crippen LogP contribution in [-0.4, -0.2) is 38.6 Å². The SMILES string of the molecule is CCN(CCc1ccccc1)C(=O)c1ccc(S(C)(=O)=O)cc1. The normalized spacial score (nSPS) is 11.2. The zero-order chi connectivity index (χ0) is 16.9. The Hall–Kier alpha value is -2.14. The van der Waals surface area contributed by atoms with Crippen LogP contribution < -0.4 is 0 Å². The van der Waals surface area contributed by atoms with Crippen LogP contribution in [-0.2, 0) is 16.3 Å². The van der Waals surface area contributed by atoms with Crippen molar-refractivity contribution >= 4 is 15.7 Å². The van der Waals surface area contributed by atoms with Crippen LogP contribution in [0.15, 0.2) is 59.5 Å². The number of amides is 1. The summed E-state index contributed by atoms with van der Waals surface area (Å²) in [5.41, 5.74) is 1.69. The molecule has 0 aliphatic carbocycles. The molecule has 0 heterocycles. The molecule has 2 aromatic carbocycles. The molecule has 0 aromatic heterocycles. The summed E-state index contributed by atoms with van der Waals surface area (Å²) >= 11 is 0. The van der Waals surface area contributed by atoms with Crippen LogP contribution in [0.1, 0.15) is 22.8 Å². The van der Waals surface area contributed by atoms with Crippen molar-refractivity contribution in [2.24, 2.45) is 0 Å². The molecule has 0 aliphatic rings. The van der Waals surface area contributed by atoms with Crippen LogP contribution in [0, 0.1) is 0 Å². The monoisotopic (exact) mass is 331 g/mol. The predicted molar refractivity (Wildman–Crippen MR) is 91.3 cm³/mol. The van der Waals surface area contributed by atoms with E-state index < -0.39 is 9.84 Å². The maximum atomic E-state index is 12.5. The maximum absolute atomic E-state index is 12.5. The topological polar surface area (TPSA) is 54.5 Å². The summed E-state index contributed by atoms with van der Waals surface area (Å²) in [7, 11) is -3.24. The van der Waals surface area contributed by atoms with E-state index >= 15 is 0 Å². The molecule has 2 aromatic rings. The Labute approximate surface area is 137 Å². The highest BCUT2D eigenvalue weighted by molar-refractivity contribution is 7.90. The van der Waals surface area contributed by atoms with Gasteiger partial charge in [-0.15, -0.1) is 0 Å². The van der Waals surface area contributed by atoms with Gasteiger partial charge in [-0.2, -0.15) is 0 Å². The van der Waals surface area contributed by atoms with E-state index in [9.17, 15) is 13.2 Å². The highest BCUT2D eigenvalue weighted by Gasteiger charge is 2.15. The molecule has 0 atom stereocenters. The molecular weight excluding hydrogens is 310 g/mol. The molecule has 0 spiro atoms. The van der Waals surface area contributed by atoms with E-state index in [0.29, 0.717) is 18.7 Å². The fourth-order valence-electron chi connectivity index (χ4n) is 2.34. The Morgan fingerprint density at radius 2 is 1.61 bits per heavy atom. The number of sulfone groups is 1. The van der Waals surface area contributed by atoms with Gasteiger partial charge in [0.2, 0.25) is 0 Å². The first kappa shape index (κ1) is 17.2. The van der Waals surface area contributed by atoms with Crippen LogP contribution in [0.25, 0.3) is 0 Å². The third-order valence-electron chi connectivity index (χ3n) is 3.71. The number of nitrogens with zero attached hydrogens (tertiary/aromatic N) is 1. The van der Waals surface area contributed by atoms with Crippen molar-refractivity contribution in [3.8, 4) is 0 Å². The molecule has 4 nitrogen and oxygen atoms in total. The van der Waals surface area contributed by atoms with Gasteiger partial charge in [-0.05, 0) is 43.2 Å². The van der Waals surface area contributed by atoms with Gasteiger partial charge in [0, 0.05) is 24.9 Å². The van der Waals surface area contributed by atoms with Gasteiger partial charge in [0.05, 0.1) is 4.90 Å².